The molecule has 1 aliphatic rings. The van der Waals surface area contributed by atoms with Crippen molar-refractivity contribution < 1.29 is 0 Å². The summed E-state index contributed by atoms with van der Waals surface area (Å²) < 4.78 is 0. The van der Waals surface area contributed by atoms with Gasteiger partial charge >= 0.3 is 0 Å². The Kier molecular flexibility index (Phi) is 3.19. The van der Waals surface area contributed by atoms with Crippen molar-refractivity contribution in [1.82, 2.24) is 20.2 Å². The highest BCUT2D eigenvalue weighted by Gasteiger charge is 2.27. The molecule has 0 saturated carbocycles. The minimum Gasteiger partial charge on any atom is -0.348 e. The van der Waals surface area contributed by atoms with E-state index in [2.05, 4.69) is 38.1 Å². The molecule has 5 heteroatoms. The van der Waals surface area contributed by atoms with Crippen LogP contribution in [0.15, 0.2) is 18.6 Å². The van der Waals surface area contributed by atoms with Gasteiger partial charge in [-0.05, 0) is 38.7 Å². The van der Waals surface area contributed by atoms with Crippen molar-refractivity contribution in [3.05, 3.63) is 35.5 Å². The van der Waals surface area contributed by atoms with Crippen LogP contribution in [0.25, 0.3) is 0 Å². The van der Waals surface area contributed by atoms with Crippen molar-refractivity contribution >= 4 is 5.82 Å². The SMILES string of the molecule is Cc1cc(N2CCCC[C@H]2c2[nH]ncc2C)ncn1. The van der Waals surface area contributed by atoms with E-state index in [9.17, 15) is 0 Å². The fraction of sp³-hybridized carbons (Fsp3) is 0.500. The summed E-state index contributed by atoms with van der Waals surface area (Å²) in [7, 11) is 0. The minimum atomic E-state index is 0.352. The minimum absolute atomic E-state index is 0.352. The maximum atomic E-state index is 4.43. The van der Waals surface area contributed by atoms with Crippen LogP contribution in [0.1, 0.15) is 42.3 Å². The lowest BCUT2D eigenvalue weighted by atomic mass is 9.97. The number of anilines is 1. The molecule has 2 aromatic heterocycles. The molecule has 0 aliphatic carbocycles. The molecular formula is C14H19N5. The second-order valence-corrected chi connectivity index (χ2v) is 5.19. The lowest BCUT2D eigenvalue weighted by Gasteiger charge is -2.36. The van der Waals surface area contributed by atoms with E-state index in [0.717, 1.165) is 24.5 Å². The quantitative estimate of drug-likeness (QED) is 0.898. The van der Waals surface area contributed by atoms with Crippen molar-refractivity contribution in [2.45, 2.75) is 39.2 Å². The highest BCUT2D eigenvalue weighted by Crippen LogP contribution is 2.34. The summed E-state index contributed by atoms with van der Waals surface area (Å²) in [4.78, 5) is 11.0. The maximum Gasteiger partial charge on any atom is 0.132 e. The van der Waals surface area contributed by atoms with E-state index in [1.165, 1.54) is 24.1 Å². The molecule has 1 fully saturated rings. The molecule has 0 unspecified atom stereocenters. The number of aromatic nitrogens is 4. The van der Waals surface area contributed by atoms with Crippen LogP contribution in [0.5, 0.6) is 0 Å². The molecule has 2 aromatic rings. The lowest BCUT2D eigenvalue weighted by Crippen LogP contribution is -2.34. The Balaban J connectivity index is 1.96. The van der Waals surface area contributed by atoms with Crippen LogP contribution in [-0.4, -0.2) is 26.7 Å². The second-order valence-electron chi connectivity index (χ2n) is 5.19. The largest absolute Gasteiger partial charge is 0.348 e. The average molecular weight is 257 g/mol. The Morgan fingerprint density at radius 1 is 1.26 bits per heavy atom. The topological polar surface area (TPSA) is 57.7 Å². The lowest BCUT2D eigenvalue weighted by molar-refractivity contribution is 0.459. The van der Waals surface area contributed by atoms with Gasteiger partial charge in [0, 0.05) is 18.3 Å². The Bertz CT molecular complexity index is 562. The Hall–Kier alpha value is -1.91. The molecule has 0 amide bonds. The number of nitrogens with zero attached hydrogens (tertiary/aromatic N) is 4. The van der Waals surface area contributed by atoms with Gasteiger partial charge in [0.05, 0.1) is 17.9 Å². The molecule has 5 nitrogen and oxygen atoms in total. The molecule has 1 N–H and O–H groups in total. The second kappa shape index (κ2) is 4.99. The fourth-order valence-electron chi connectivity index (χ4n) is 2.80. The number of nitrogens with one attached hydrogen (secondary N) is 1. The summed E-state index contributed by atoms with van der Waals surface area (Å²) in [5.41, 5.74) is 3.45. The summed E-state index contributed by atoms with van der Waals surface area (Å²) >= 11 is 0. The first-order valence-electron chi connectivity index (χ1n) is 6.81. The molecular weight excluding hydrogens is 238 g/mol. The predicted molar refractivity (Wildman–Crippen MR) is 74.0 cm³/mol. The Morgan fingerprint density at radius 2 is 2.16 bits per heavy atom. The van der Waals surface area contributed by atoms with Crippen molar-refractivity contribution in [2.75, 3.05) is 11.4 Å². The monoisotopic (exact) mass is 257 g/mol. The van der Waals surface area contributed by atoms with E-state index >= 15 is 0 Å². The molecule has 3 heterocycles. The Morgan fingerprint density at radius 3 is 2.89 bits per heavy atom. The summed E-state index contributed by atoms with van der Waals surface area (Å²) in [6, 6.07) is 2.41. The summed E-state index contributed by atoms with van der Waals surface area (Å²) in [6.07, 6.45) is 7.16. The number of aromatic amines is 1. The van der Waals surface area contributed by atoms with Crippen LogP contribution in [0.3, 0.4) is 0 Å². The van der Waals surface area contributed by atoms with Gasteiger partial charge in [-0.15, -0.1) is 0 Å². The number of H-pyrrole nitrogens is 1. The van der Waals surface area contributed by atoms with E-state index in [1.54, 1.807) is 6.33 Å². The van der Waals surface area contributed by atoms with Gasteiger partial charge in [0.2, 0.25) is 0 Å². The third-order valence-electron chi connectivity index (χ3n) is 3.79. The van der Waals surface area contributed by atoms with Crippen LogP contribution in [0.2, 0.25) is 0 Å². The molecule has 1 aliphatic heterocycles. The number of piperidine rings is 1. The Labute approximate surface area is 113 Å². The predicted octanol–water partition coefficient (Wildman–Crippen LogP) is 2.55. The van der Waals surface area contributed by atoms with Crippen LogP contribution < -0.4 is 4.90 Å². The molecule has 0 radical (unpaired) electrons. The van der Waals surface area contributed by atoms with Gasteiger partial charge in [-0.2, -0.15) is 5.10 Å². The first kappa shape index (κ1) is 12.1. The molecule has 1 saturated heterocycles. The number of hydrogen-bond donors (Lipinski definition) is 1. The molecule has 1 atom stereocenters. The van der Waals surface area contributed by atoms with Gasteiger partial charge in [-0.1, -0.05) is 0 Å². The third-order valence-corrected chi connectivity index (χ3v) is 3.79. The van der Waals surface area contributed by atoms with Gasteiger partial charge in [0.25, 0.3) is 0 Å². The maximum absolute atomic E-state index is 4.43. The van der Waals surface area contributed by atoms with E-state index < -0.39 is 0 Å². The van der Waals surface area contributed by atoms with Crippen molar-refractivity contribution in [1.29, 1.82) is 0 Å². The zero-order chi connectivity index (χ0) is 13.2. The van der Waals surface area contributed by atoms with Crippen molar-refractivity contribution in [3.63, 3.8) is 0 Å². The van der Waals surface area contributed by atoms with E-state index in [-0.39, 0.29) is 0 Å². The van der Waals surface area contributed by atoms with E-state index in [4.69, 9.17) is 0 Å². The first-order valence-corrected chi connectivity index (χ1v) is 6.81. The standard InChI is InChI=1S/C14H19N5/c1-10-8-17-18-14(10)12-5-3-4-6-19(12)13-7-11(2)15-9-16-13/h7-9,12H,3-6H2,1-2H3,(H,17,18)/t12-/m0/s1. The van der Waals surface area contributed by atoms with Crippen molar-refractivity contribution in [3.8, 4) is 0 Å². The number of rotatable bonds is 2. The van der Waals surface area contributed by atoms with Gasteiger partial charge in [-0.25, -0.2) is 9.97 Å². The van der Waals surface area contributed by atoms with E-state index in [0.29, 0.717) is 6.04 Å². The van der Waals surface area contributed by atoms with Crippen LogP contribution in [-0.2, 0) is 0 Å². The highest BCUT2D eigenvalue weighted by molar-refractivity contribution is 5.43. The average Bonchev–Trinajstić information content (AvgIpc) is 2.85. The normalized spacial score (nSPS) is 19.7. The van der Waals surface area contributed by atoms with Gasteiger partial charge in [0.1, 0.15) is 12.1 Å². The van der Waals surface area contributed by atoms with E-state index in [1.807, 2.05) is 13.1 Å². The number of hydrogen-bond acceptors (Lipinski definition) is 4. The summed E-state index contributed by atoms with van der Waals surface area (Å²) in [5, 5.41) is 7.31. The summed E-state index contributed by atoms with van der Waals surface area (Å²) in [5.74, 6) is 1.02. The fourth-order valence-corrected chi connectivity index (χ4v) is 2.80. The molecule has 0 spiro atoms. The number of aryl methyl sites for hydroxylation is 2. The third kappa shape index (κ3) is 2.32. The van der Waals surface area contributed by atoms with Crippen LogP contribution in [0.4, 0.5) is 5.82 Å². The van der Waals surface area contributed by atoms with Crippen LogP contribution in [0, 0.1) is 13.8 Å². The zero-order valence-corrected chi connectivity index (χ0v) is 11.4. The summed E-state index contributed by atoms with van der Waals surface area (Å²) in [6.45, 7) is 5.15. The van der Waals surface area contributed by atoms with Gasteiger partial charge in [-0.3, -0.25) is 5.10 Å². The smallest absolute Gasteiger partial charge is 0.132 e. The van der Waals surface area contributed by atoms with Crippen LogP contribution >= 0.6 is 0 Å². The molecule has 100 valence electrons. The van der Waals surface area contributed by atoms with Gasteiger partial charge in [0.15, 0.2) is 0 Å². The van der Waals surface area contributed by atoms with Crippen molar-refractivity contribution in [2.24, 2.45) is 0 Å². The first-order chi connectivity index (χ1) is 9.25. The molecule has 19 heavy (non-hydrogen) atoms. The van der Waals surface area contributed by atoms with Gasteiger partial charge < -0.3 is 4.90 Å². The molecule has 3 rings (SSSR count). The highest BCUT2D eigenvalue weighted by atomic mass is 15.2. The molecule has 0 bridgehead atoms. The molecule has 0 aromatic carbocycles. The zero-order valence-electron chi connectivity index (χ0n) is 11.4.